The molecule has 0 atom stereocenters. The van der Waals surface area contributed by atoms with Gasteiger partial charge in [-0.2, -0.15) is 8.42 Å². The molecule has 4 nitrogen and oxygen atoms in total. The van der Waals surface area contributed by atoms with Gasteiger partial charge in [0, 0.05) is 5.02 Å². The lowest BCUT2D eigenvalue weighted by atomic mass is 10.3. The predicted octanol–water partition coefficient (Wildman–Crippen LogP) is 2.17. The van der Waals surface area contributed by atoms with Gasteiger partial charge in [0.25, 0.3) is 0 Å². The van der Waals surface area contributed by atoms with E-state index in [2.05, 4.69) is 4.18 Å². The van der Waals surface area contributed by atoms with E-state index in [1.165, 1.54) is 18.2 Å². The maximum absolute atomic E-state index is 10.3. The monoisotopic (exact) mass is 242 g/mol. The Kier molecular flexibility index (Phi) is 3.02. The zero-order chi connectivity index (χ0) is 10.1. The third-order valence-corrected chi connectivity index (χ3v) is 2.01. The maximum atomic E-state index is 10.3. The molecule has 1 aromatic rings. The molecule has 0 aromatic heterocycles. The smallest absolute Gasteiger partial charge is 0.360 e. The fraction of sp³-hybridized carbons (Fsp3) is 0. The summed E-state index contributed by atoms with van der Waals surface area (Å²) in [7, 11) is -4.54. The van der Waals surface area contributed by atoms with Crippen LogP contribution in [-0.2, 0) is 10.4 Å². The summed E-state index contributed by atoms with van der Waals surface area (Å²) in [4.78, 5) is 0. The van der Waals surface area contributed by atoms with Gasteiger partial charge in [0.2, 0.25) is 0 Å². The van der Waals surface area contributed by atoms with E-state index >= 15 is 0 Å². The van der Waals surface area contributed by atoms with Crippen molar-refractivity contribution in [3.8, 4) is 5.75 Å². The topological polar surface area (TPSA) is 63.6 Å². The molecule has 0 saturated heterocycles. The lowest BCUT2D eigenvalue weighted by molar-refractivity contribution is 0.387. The van der Waals surface area contributed by atoms with Gasteiger partial charge < -0.3 is 4.18 Å². The summed E-state index contributed by atoms with van der Waals surface area (Å²) in [5.41, 5.74) is 0. The number of hydrogen-bond donors (Lipinski definition) is 1. The minimum atomic E-state index is -4.54. The van der Waals surface area contributed by atoms with Crippen LogP contribution in [0.3, 0.4) is 0 Å². The van der Waals surface area contributed by atoms with Crippen LogP contribution < -0.4 is 4.18 Å². The van der Waals surface area contributed by atoms with Crippen LogP contribution in [0.4, 0.5) is 0 Å². The lowest BCUT2D eigenvalue weighted by Crippen LogP contribution is -2.06. The van der Waals surface area contributed by atoms with Gasteiger partial charge in [0.15, 0.2) is 5.75 Å². The number of hydrogen-bond acceptors (Lipinski definition) is 3. The number of benzene rings is 1. The molecule has 0 heterocycles. The first kappa shape index (κ1) is 10.6. The van der Waals surface area contributed by atoms with E-state index in [0.29, 0.717) is 5.02 Å². The van der Waals surface area contributed by atoms with Crippen LogP contribution in [0, 0.1) is 0 Å². The van der Waals surface area contributed by atoms with Crippen molar-refractivity contribution in [3.05, 3.63) is 28.2 Å². The van der Waals surface area contributed by atoms with E-state index in [0.717, 1.165) is 0 Å². The fourth-order valence-electron chi connectivity index (χ4n) is 0.656. The maximum Gasteiger partial charge on any atom is 0.446 e. The van der Waals surface area contributed by atoms with Gasteiger partial charge in [0.05, 0.1) is 5.02 Å². The van der Waals surface area contributed by atoms with Gasteiger partial charge in [0.1, 0.15) is 0 Å². The molecule has 72 valence electrons. The highest BCUT2D eigenvalue weighted by molar-refractivity contribution is 7.81. The van der Waals surface area contributed by atoms with Crippen LogP contribution in [0.2, 0.25) is 10.0 Å². The molecule has 0 bridgehead atoms. The van der Waals surface area contributed by atoms with Crippen LogP contribution in [0.5, 0.6) is 5.75 Å². The van der Waals surface area contributed by atoms with E-state index in [9.17, 15) is 8.42 Å². The van der Waals surface area contributed by atoms with Gasteiger partial charge in [-0.15, -0.1) is 0 Å². The van der Waals surface area contributed by atoms with Crippen molar-refractivity contribution in [1.29, 1.82) is 0 Å². The Hall–Kier alpha value is -0.490. The van der Waals surface area contributed by atoms with E-state index in [-0.39, 0.29) is 10.8 Å². The summed E-state index contributed by atoms with van der Waals surface area (Å²) in [6.45, 7) is 0. The minimum absolute atomic E-state index is 0.00475. The molecule has 13 heavy (non-hydrogen) atoms. The standard InChI is InChI=1S/C6H4Cl2O4S/c7-4-1-2-6(5(8)3-4)12-13(9,10)11/h1-3H,(H,9,10,11). The summed E-state index contributed by atoms with van der Waals surface area (Å²) in [6.07, 6.45) is 0. The second kappa shape index (κ2) is 3.71. The molecule has 0 fully saturated rings. The zero-order valence-corrected chi connectivity index (χ0v) is 8.40. The average Bonchev–Trinajstić information content (AvgIpc) is 1.93. The first-order valence-electron chi connectivity index (χ1n) is 3.00. The fourth-order valence-corrected chi connectivity index (χ4v) is 1.52. The molecule has 0 spiro atoms. The molecule has 0 radical (unpaired) electrons. The summed E-state index contributed by atoms with van der Waals surface area (Å²) in [5, 5.41) is 0.345. The van der Waals surface area contributed by atoms with Crippen molar-refractivity contribution in [1.82, 2.24) is 0 Å². The average molecular weight is 243 g/mol. The van der Waals surface area contributed by atoms with Crippen LogP contribution in [-0.4, -0.2) is 13.0 Å². The van der Waals surface area contributed by atoms with Gasteiger partial charge >= 0.3 is 10.4 Å². The Morgan fingerprint density at radius 3 is 2.38 bits per heavy atom. The van der Waals surface area contributed by atoms with Crippen molar-refractivity contribution in [2.75, 3.05) is 0 Å². The molecular weight excluding hydrogens is 239 g/mol. The van der Waals surface area contributed by atoms with Crippen LogP contribution in [0.25, 0.3) is 0 Å². The van der Waals surface area contributed by atoms with Gasteiger partial charge in [-0.1, -0.05) is 23.2 Å². The van der Waals surface area contributed by atoms with Crippen LogP contribution in [0.15, 0.2) is 18.2 Å². The molecule has 0 saturated carbocycles. The normalized spacial score (nSPS) is 11.3. The van der Waals surface area contributed by atoms with Crippen molar-refractivity contribution < 1.29 is 17.2 Å². The molecule has 0 unspecified atom stereocenters. The van der Waals surface area contributed by atoms with E-state index in [1.54, 1.807) is 0 Å². The van der Waals surface area contributed by atoms with Gasteiger partial charge in [-0.05, 0) is 18.2 Å². The molecule has 0 amide bonds. The van der Waals surface area contributed by atoms with E-state index < -0.39 is 10.4 Å². The third-order valence-electron chi connectivity index (χ3n) is 1.09. The minimum Gasteiger partial charge on any atom is -0.360 e. The Bertz CT molecular complexity index is 415. The van der Waals surface area contributed by atoms with E-state index in [1.807, 2.05) is 0 Å². The number of rotatable bonds is 2. The van der Waals surface area contributed by atoms with Crippen molar-refractivity contribution in [2.24, 2.45) is 0 Å². The van der Waals surface area contributed by atoms with Crippen LogP contribution in [0.1, 0.15) is 0 Å². The Balaban J connectivity index is 3.04. The molecule has 7 heteroatoms. The first-order valence-corrected chi connectivity index (χ1v) is 5.12. The second-order valence-electron chi connectivity index (χ2n) is 2.09. The zero-order valence-electron chi connectivity index (χ0n) is 6.07. The highest BCUT2D eigenvalue weighted by Gasteiger charge is 2.10. The van der Waals surface area contributed by atoms with Gasteiger partial charge in [-0.25, -0.2) is 0 Å². The van der Waals surface area contributed by atoms with Gasteiger partial charge in [-0.3, -0.25) is 4.55 Å². The summed E-state index contributed by atoms with van der Waals surface area (Å²) >= 11 is 11.1. The Morgan fingerprint density at radius 2 is 1.92 bits per heavy atom. The third kappa shape index (κ3) is 3.40. The largest absolute Gasteiger partial charge is 0.446 e. The van der Waals surface area contributed by atoms with Crippen molar-refractivity contribution in [2.45, 2.75) is 0 Å². The predicted molar refractivity (Wildman–Crippen MR) is 48.6 cm³/mol. The summed E-state index contributed by atoms with van der Waals surface area (Å²) in [6, 6.07) is 3.91. The van der Waals surface area contributed by atoms with Crippen LogP contribution >= 0.6 is 23.2 Å². The number of halogens is 2. The first-order chi connectivity index (χ1) is 5.88. The Morgan fingerprint density at radius 1 is 1.31 bits per heavy atom. The highest BCUT2D eigenvalue weighted by Crippen LogP contribution is 2.28. The molecule has 0 aliphatic heterocycles. The Labute approximate surface area is 85.0 Å². The van der Waals surface area contributed by atoms with Crippen molar-refractivity contribution >= 4 is 33.6 Å². The van der Waals surface area contributed by atoms with Crippen molar-refractivity contribution in [3.63, 3.8) is 0 Å². The SMILES string of the molecule is O=S(=O)(O)Oc1ccc(Cl)cc1Cl. The summed E-state index contributed by atoms with van der Waals surface area (Å²) in [5.74, 6) is -0.173. The molecule has 0 aliphatic carbocycles. The molecular formula is C6H4Cl2O4S. The molecule has 1 rings (SSSR count). The quantitative estimate of drug-likeness (QED) is 0.808. The molecule has 0 aliphatic rings. The molecule has 1 N–H and O–H groups in total. The summed E-state index contributed by atoms with van der Waals surface area (Å²) < 4.78 is 33.0. The van der Waals surface area contributed by atoms with E-state index in [4.69, 9.17) is 27.8 Å². The second-order valence-corrected chi connectivity index (χ2v) is 3.95. The molecule has 1 aromatic carbocycles. The highest BCUT2D eigenvalue weighted by atomic mass is 35.5. The lowest BCUT2D eigenvalue weighted by Gasteiger charge is -2.02.